The van der Waals surface area contributed by atoms with E-state index in [2.05, 4.69) is 20.3 Å². The van der Waals surface area contributed by atoms with Gasteiger partial charge in [-0.2, -0.15) is 0 Å². The molecule has 0 fully saturated rings. The number of benzene rings is 2. The van der Waals surface area contributed by atoms with Crippen molar-refractivity contribution in [1.29, 1.82) is 0 Å². The van der Waals surface area contributed by atoms with Gasteiger partial charge >= 0.3 is 0 Å². The third-order valence-electron chi connectivity index (χ3n) is 5.22. The fourth-order valence-electron chi connectivity index (χ4n) is 3.30. The highest BCUT2D eigenvalue weighted by Gasteiger charge is 2.13. The van der Waals surface area contributed by atoms with E-state index in [1.807, 2.05) is 57.2 Å². The molecule has 0 unspecified atom stereocenters. The van der Waals surface area contributed by atoms with Crippen LogP contribution in [-0.2, 0) is 11.3 Å². The van der Waals surface area contributed by atoms with E-state index in [1.54, 1.807) is 18.3 Å². The number of H-pyrrole nitrogens is 1. The van der Waals surface area contributed by atoms with Crippen molar-refractivity contribution in [3.05, 3.63) is 81.2 Å². The summed E-state index contributed by atoms with van der Waals surface area (Å²) in [5.74, 6) is 0.233. The summed E-state index contributed by atoms with van der Waals surface area (Å²) in [6.07, 6.45) is 1.54. The van der Waals surface area contributed by atoms with Gasteiger partial charge in [0, 0.05) is 29.8 Å². The summed E-state index contributed by atoms with van der Waals surface area (Å²) >= 11 is 6.43. The number of aromatic amines is 1. The van der Waals surface area contributed by atoms with E-state index in [1.165, 1.54) is 0 Å². The van der Waals surface area contributed by atoms with Crippen molar-refractivity contribution in [2.24, 2.45) is 5.92 Å². The molecule has 162 valence electrons. The summed E-state index contributed by atoms with van der Waals surface area (Å²) < 4.78 is 0. The topological polar surface area (TPSA) is 87.7 Å². The van der Waals surface area contributed by atoms with E-state index in [0.717, 1.165) is 22.4 Å². The summed E-state index contributed by atoms with van der Waals surface area (Å²) in [6, 6.07) is 15.2. The fraction of sp³-hybridized carbons (Fsp3) is 0.200. The number of aromatic nitrogens is 3. The monoisotopic (exact) mass is 446 g/mol. The van der Waals surface area contributed by atoms with E-state index in [4.69, 9.17) is 11.6 Å². The smallest absolute Gasteiger partial charge is 0.260 e. The quantitative estimate of drug-likeness (QED) is 0.457. The number of hydrogen-bond acceptors (Lipinski definition) is 4. The summed E-state index contributed by atoms with van der Waals surface area (Å²) in [7, 11) is 0. The Bertz CT molecular complexity index is 1360. The molecule has 4 rings (SSSR count). The fourth-order valence-corrected chi connectivity index (χ4v) is 3.51. The standard InChI is InChI=1S/C25H23ClN4O2/c1-14(2)24(31)28-12-16-6-9-20(26)18(10-16)23-29-22-11-21(17-7-4-15(3)5-8-17)27-13-19(22)25(32)30-23/h4-11,13-14H,12H2,1-3H3,(H,28,31)(H,29,30,32). The van der Waals surface area contributed by atoms with Crippen LogP contribution in [0.15, 0.2) is 59.5 Å². The van der Waals surface area contributed by atoms with Crippen LogP contribution < -0.4 is 10.9 Å². The summed E-state index contributed by atoms with van der Waals surface area (Å²) in [5.41, 5.74) is 4.53. The van der Waals surface area contributed by atoms with Crippen LogP contribution >= 0.6 is 11.6 Å². The Morgan fingerprint density at radius 1 is 1.12 bits per heavy atom. The maximum atomic E-state index is 12.7. The first kappa shape index (κ1) is 21.7. The molecule has 2 N–H and O–H groups in total. The number of carbonyl (C=O) groups excluding carboxylic acids is 1. The molecule has 32 heavy (non-hydrogen) atoms. The lowest BCUT2D eigenvalue weighted by Crippen LogP contribution is -2.27. The average Bonchev–Trinajstić information content (AvgIpc) is 2.78. The maximum absolute atomic E-state index is 12.7. The number of amides is 1. The van der Waals surface area contributed by atoms with Gasteiger partial charge in [0.2, 0.25) is 5.91 Å². The molecule has 4 aromatic rings. The molecule has 0 aliphatic rings. The lowest BCUT2D eigenvalue weighted by molar-refractivity contribution is -0.124. The SMILES string of the molecule is Cc1ccc(-c2cc3nc(-c4cc(CNC(=O)C(C)C)ccc4Cl)[nH]c(=O)c3cn2)cc1. The molecule has 2 aromatic carbocycles. The van der Waals surface area contributed by atoms with Gasteiger partial charge in [0.05, 0.1) is 21.6 Å². The van der Waals surface area contributed by atoms with E-state index >= 15 is 0 Å². The van der Waals surface area contributed by atoms with Gasteiger partial charge in [-0.1, -0.05) is 61.3 Å². The van der Waals surface area contributed by atoms with Gasteiger partial charge in [0.1, 0.15) is 5.82 Å². The van der Waals surface area contributed by atoms with Crippen LogP contribution in [0, 0.1) is 12.8 Å². The van der Waals surface area contributed by atoms with Crippen molar-refractivity contribution in [3.8, 4) is 22.6 Å². The highest BCUT2D eigenvalue weighted by molar-refractivity contribution is 6.33. The molecule has 2 heterocycles. The number of pyridine rings is 1. The predicted octanol–water partition coefficient (Wildman–Crippen LogP) is 4.89. The molecule has 0 spiro atoms. The molecule has 0 aliphatic carbocycles. The number of aryl methyl sites for hydroxylation is 1. The second-order valence-electron chi connectivity index (χ2n) is 8.05. The third kappa shape index (κ3) is 4.55. The Kier molecular flexibility index (Phi) is 6.06. The van der Waals surface area contributed by atoms with Gasteiger partial charge in [-0.3, -0.25) is 14.6 Å². The third-order valence-corrected chi connectivity index (χ3v) is 5.54. The summed E-state index contributed by atoms with van der Waals surface area (Å²) in [6.45, 7) is 6.07. The minimum Gasteiger partial charge on any atom is -0.352 e. The predicted molar refractivity (Wildman–Crippen MR) is 127 cm³/mol. The summed E-state index contributed by atoms with van der Waals surface area (Å²) in [5, 5.41) is 3.75. The molecule has 0 aliphatic heterocycles. The second kappa shape index (κ2) is 8.93. The van der Waals surface area contributed by atoms with Crippen LogP contribution in [0.2, 0.25) is 5.02 Å². The Hall–Kier alpha value is -3.51. The normalized spacial score (nSPS) is 11.2. The first-order valence-corrected chi connectivity index (χ1v) is 10.7. The second-order valence-corrected chi connectivity index (χ2v) is 8.46. The molecule has 0 atom stereocenters. The first-order valence-electron chi connectivity index (χ1n) is 10.4. The van der Waals surface area contributed by atoms with Gasteiger partial charge in [-0.25, -0.2) is 4.98 Å². The maximum Gasteiger partial charge on any atom is 0.260 e. The van der Waals surface area contributed by atoms with Crippen molar-refractivity contribution in [3.63, 3.8) is 0 Å². The zero-order chi connectivity index (χ0) is 22.8. The number of halogens is 1. The zero-order valence-corrected chi connectivity index (χ0v) is 18.8. The molecule has 6 nitrogen and oxygen atoms in total. The highest BCUT2D eigenvalue weighted by atomic mass is 35.5. The van der Waals surface area contributed by atoms with Crippen LogP contribution in [0.25, 0.3) is 33.5 Å². The number of carbonyl (C=O) groups is 1. The minimum atomic E-state index is -0.289. The van der Waals surface area contributed by atoms with Crippen LogP contribution in [0.3, 0.4) is 0 Å². The van der Waals surface area contributed by atoms with Gasteiger partial charge in [0.25, 0.3) is 5.56 Å². The Morgan fingerprint density at radius 2 is 1.88 bits per heavy atom. The van der Waals surface area contributed by atoms with E-state index < -0.39 is 0 Å². The van der Waals surface area contributed by atoms with Crippen molar-refractivity contribution in [1.82, 2.24) is 20.3 Å². The number of nitrogens with zero attached hydrogens (tertiary/aromatic N) is 2. The van der Waals surface area contributed by atoms with Gasteiger partial charge in [-0.15, -0.1) is 0 Å². The molecule has 0 bridgehead atoms. The lowest BCUT2D eigenvalue weighted by atomic mass is 10.1. The number of nitrogens with one attached hydrogen (secondary N) is 2. The molecular formula is C25H23ClN4O2. The van der Waals surface area contributed by atoms with E-state index in [-0.39, 0.29) is 17.4 Å². The van der Waals surface area contributed by atoms with Crippen LogP contribution in [0.5, 0.6) is 0 Å². The van der Waals surface area contributed by atoms with Crippen LogP contribution in [0.1, 0.15) is 25.0 Å². The minimum absolute atomic E-state index is 0.0325. The zero-order valence-electron chi connectivity index (χ0n) is 18.1. The van der Waals surface area contributed by atoms with Crippen molar-refractivity contribution >= 4 is 28.4 Å². The number of rotatable bonds is 5. The Labute approximate surface area is 190 Å². The van der Waals surface area contributed by atoms with Gasteiger partial charge in [-0.05, 0) is 30.7 Å². The largest absolute Gasteiger partial charge is 0.352 e. The Balaban J connectivity index is 1.74. The molecular weight excluding hydrogens is 424 g/mol. The van der Waals surface area contributed by atoms with Gasteiger partial charge < -0.3 is 10.3 Å². The lowest BCUT2D eigenvalue weighted by Gasteiger charge is -2.11. The average molecular weight is 447 g/mol. The highest BCUT2D eigenvalue weighted by Crippen LogP contribution is 2.27. The molecule has 1 amide bonds. The number of fused-ring (bicyclic) bond motifs is 1. The van der Waals surface area contributed by atoms with E-state index in [9.17, 15) is 9.59 Å². The van der Waals surface area contributed by atoms with Crippen molar-refractivity contribution < 1.29 is 4.79 Å². The van der Waals surface area contributed by atoms with E-state index in [0.29, 0.717) is 33.9 Å². The van der Waals surface area contributed by atoms with Crippen LogP contribution in [-0.4, -0.2) is 20.9 Å². The molecule has 0 radical (unpaired) electrons. The van der Waals surface area contributed by atoms with Crippen molar-refractivity contribution in [2.75, 3.05) is 0 Å². The molecule has 2 aromatic heterocycles. The van der Waals surface area contributed by atoms with Gasteiger partial charge in [0.15, 0.2) is 0 Å². The van der Waals surface area contributed by atoms with Crippen molar-refractivity contribution in [2.45, 2.75) is 27.3 Å². The number of hydrogen-bond donors (Lipinski definition) is 2. The summed E-state index contributed by atoms with van der Waals surface area (Å²) in [4.78, 5) is 36.5. The molecule has 0 saturated carbocycles. The Morgan fingerprint density at radius 3 is 2.59 bits per heavy atom. The molecule has 7 heteroatoms. The molecule has 0 saturated heterocycles. The first-order chi connectivity index (χ1) is 15.3. The van der Waals surface area contributed by atoms with Crippen LogP contribution in [0.4, 0.5) is 0 Å².